The molecule has 8 heteroatoms. The van der Waals surface area contributed by atoms with Gasteiger partial charge < -0.3 is 4.74 Å². The minimum absolute atomic E-state index is 0.00258. The number of hydrogen-bond acceptors (Lipinski definition) is 5. The van der Waals surface area contributed by atoms with Crippen molar-refractivity contribution in [1.29, 1.82) is 0 Å². The van der Waals surface area contributed by atoms with Crippen LogP contribution >= 0.6 is 11.3 Å². The van der Waals surface area contributed by atoms with E-state index < -0.39 is 0 Å². The molecule has 128 valence electrons. The molecule has 0 aliphatic carbocycles. The van der Waals surface area contributed by atoms with Gasteiger partial charge in [-0.15, -0.1) is 0 Å². The number of hydrogen-bond donors (Lipinski definition) is 0. The van der Waals surface area contributed by atoms with Crippen LogP contribution in [0.25, 0.3) is 31.8 Å². The van der Waals surface area contributed by atoms with Crippen LogP contribution in [0, 0.1) is 5.82 Å². The summed E-state index contributed by atoms with van der Waals surface area (Å²) in [6.45, 7) is 0.779. The summed E-state index contributed by atoms with van der Waals surface area (Å²) in [6, 6.07) is 3.41. The highest BCUT2D eigenvalue weighted by Gasteiger charge is 2.19. The molecule has 1 aliphatic heterocycles. The average Bonchev–Trinajstić information content (AvgIpc) is 3.27. The van der Waals surface area contributed by atoms with Crippen LogP contribution in [-0.2, 0) is 11.8 Å². The van der Waals surface area contributed by atoms with Crippen LogP contribution < -0.4 is 0 Å². The molecule has 1 fully saturated rings. The molecule has 0 N–H and O–H groups in total. The van der Waals surface area contributed by atoms with E-state index in [9.17, 15) is 4.39 Å². The predicted octanol–water partition coefficient (Wildman–Crippen LogP) is 3.88. The molecule has 0 radical (unpaired) electrons. The van der Waals surface area contributed by atoms with Gasteiger partial charge in [-0.05, 0) is 31.4 Å². The van der Waals surface area contributed by atoms with E-state index in [1.165, 1.54) is 17.4 Å². The SMILES string of the molecule is Cn1cc2cc(-c3nc4cn(C5CCCCO5)nc4s3)cc(F)c2n1. The summed E-state index contributed by atoms with van der Waals surface area (Å²) in [7, 11) is 1.78. The van der Waals surface area contributed by atoms with E-state index in [0.29, 0.717) is 5.52 Å². The molecule has 1 aromatic carbocycles. The lowest BCUT2D eigenvalue weighted by atomic mass is 10.1. The van der Waals surface area contributed by atoms with Crippen molar-refractivity contribution in [1.82, 2.24) is 24.5 Å². The number of rotatable bonds is 2. The maximum atomic E-state index is 14.3. The zero-order chi connectivity index (χ0) is 17.0. The Morgan fingerprint density at radius 1 is 1.24 bits per heavy atom. The summed E-state index contributed by atoms with van der Waals surface area (Å²) in [5.74, 6) is -0.332. The lowest BCUT2D eigenvalue weighted by Gasteiger charge is -2.22. The minimum atomic E-state index is -0.332. The van der Waals surface area contributed by atoms with Gasteiger partial charge in [-0.1, -0.05) is 11.3 Å². The maximum absolute atomic E-state index is 14.3. The van der Waals surface area contributed by atoms with Crippen molar-refractivity contribution in [2.45, 2.75) is 25.5 Å². The third-order valence-corrected chi connectivity index (χ3v) is 5.47. The fourth-order valence-electron chi connectivity index (χ4n) is 3.28. The molecular weight excluding hydrogens is 341 g/mol. The zero-order valence-electron chi connectivity index (χ0n) is 13.6. The molecule has 0 amide bonds. The Morgan fingerprint density at radius 2 is 2.16 bits per heavy atom. The van der Waals surface area contributed by atoms with Crippen molar-refractivity contribution in [3.05, 3.63) is 30.3 Å². The Morgan fingerprint density at radius 3 is 2.96 bits per heavy atom. The molecule has 1 atom stereocenters. The monoisotopic (exact) mass is 357 g/mol. The largest absolute Gasteiger partial charge is 0.357 e. The molecule has 6 nitrogen and oxygen atoms in total. The fraction of sp³-hybridized carbons (Fsp3) is 0.353. The highest BCUT2D eigenvalue weighted by atomic mass is 32.1. The standard InChI is InChI=1S/C17H16FN5OS/c1-22-8-11-6-10(7-12(18)15(11)20-22)16-19-13-9-23(21-17(13)25-16)14-4-2-3-5-24-14/h6-9,14H,2-5H2,1H3. The van der Waals surface area contributed by atoms with Gasteiger partial charge >= 0.3 is 0 Å². The molecule has 1 saturated heterocycles. The van der Waals surface area contributed by atoms with Crippen molar-refractivity contribution < 1.29 is 9.13 Å². The van der Waals surface area contributed by atoms with Crippen molar-refractivity contribution in [3.8, 4) is 10.6 Å². The lowest BCUT2D eigenvalue weighted by Crippen LogP contribution is -2.18. The van der Waals surface area contributed by atoms with E-state index >= 15 is 0 Å². The van der Waals surface area contributed by atoms with Crippen LogP contribution in [-0.4, -0.2) is 31.2 Å². The van der Waals surface area contributed by atoms with Gasteiger partial charge in [0.1, 0.15) is 22.3 Å². The second-order valence-electron chi connectivity index (χ2n) is 6.34. The first-order chi connectivity index (χ1) is 12.2. The first-order valence-corrected chi connectivity index (χ1v) is 9.09. The molecule has 0 spiro atoms. The summed E-state index contributed by atoms with van der Waals surface area (Å²) < 4.78 is 23.5. The number of nitrogens with zero attached hydrogens (tertiary/aromatic N) is 5. The smallest absolute Gasteiger partial charge is 0.166 e. The summed E-state index contributed by atoms with van der Waals surface area (Å²) in [5.41, 5.74) is 1.95. The van der Waals surface area contributed by atoms with Gasteiger partial charge in [0.25, 0.3) is 0 Å². The van der Waals surface area contributed by atoms with Crippen molar-refractivity contribution in [3.63, 3.8) is 0 Å². The quantitative estimate of drug-likeness (QED) is 0.546. The van der Waals surface area contributed by atoms with E-state index in [2.05, 4.69) is 15.2 Å². The van der Waals surface area contributed by atoms with Crippen LogP contribution in [0.1, 0.15) is 25.5 Å². The van der Waals surface area contributed by atoms with Gasteiger partial charge in [0.15, 0.2) is 10.6 Å². The Hall–Kier alpha value is -2.32. The zero-order valence-corrected chi connectivity index (χ0v) is 14.5. The Labute approximate surface area is 146 Å². The highest BCUT2D eigenvalue weighted by molar-refractivity contribution is 7.21. The number of aromatic nitrogens is 5. The number of halogens is 1. The van der Waals surface area contributed by atoms with Gasteiger partial charge in [-0.2, -0.15) is 10.2 Å². The number of fused-ring (bicyclic) bond motifs is 2. The van der Waals surface area contributed by atoms with Gasteiger partial charge in [-0.25, -0.2) is 14.1 Å². The molecule has 25 heavy (non-hydrogen) atoms. The van der Waals surface area contributed by atoms with E-state index in [-0.39, 0.29) is 12.0 Å². The van der Waals surface area contributed by atoms with Crippen LogP contribution in [0.5, 0.6) is 0 Å². The first kappa shape index (κ1) is 15.0. The highest BCUT2D eigenvalue weighted by Crippen LogP contribution is 2.33. The van der Waals surface area contributed by atoms with Crippen LogP contribution in [0.15, 0.2) is 24.5 Å². The summed E-state index contributed by atoms with van der Waals surface area (Å²) >= 11 is 1.47. The number of aryl methyl sites for hydroxylation is 1. The molecule has 0 saturated carbocycles. The minimum Gasteiger partial charge on any atom is -0.357 e. The van der Waals surface area contributed by atoms with Crippen molar-refractivity contribution >= 4 is 32.6 Å². The molecule has 0 bridgehead atoms. The van der Waals surface area contributed by atoms with E-state index in [4.69, 9.17) is 4.74 Å². The second kappa shape index (κ2) is 5.60. The fourth-order valence-corrected chi connectivity index (χ4v) is 4.18. The average molecular weight is 357 g/mol. The molecule has 3 aromatic heterocycles. The Bertz CT molecular complexity index is 1040. The summed E-state index contributed by atoms with van der Waals surface area (Å²) in [6.07, 6.45) is 6.97. The third kappa shape index (κ3) is 2.52. The van der Waals surface area contributed by atoms with E-state index in [1.54, 1.807) is 11.7 Å². The maximum Gasteiger partial charge on any atom is 0.166 e. The summed E-state index contributed by atoms with van der Waals surface area (Å²) in [5, 5.41) is 10.3. The van der Waals surface area contributed by atoms with Crippen molar-refractivity contribution in [2.24, 2.45) is 7.05 Å². The van der Waals surface area contributed by atoms with Gasteiger partial charge in [-0.3, -0.25) is 4.68 Å². The lowest BCUT2D eigenvalue weighted by molar-refractivity contribution is -0.0390. The predicted molar refractivity (Wildman–Crippen MR) is 93.9 cm³/mol. The Kier molecular flexibility index (Phi) is 3.36. The van der Waals surface area contributed by atoms with Gasteiger partial charge in [0, 0.05) is 30.8 Å². The van der Waals surface area contributed by atoms with Gasteiger partial charge in [0.2, 0.25) is 0 Å². The topological polar surface area (TPSA) is 57.8 Å². The van der Waals surface area contributed by atoms with E-state index in [0.717, 1.165) is 52.2 Å². The Balaban J connectivity index is 1.53. The van der Waals surface area contributed by atoms with Gasteiger partial charge in [0.05, 0.1) is 6.20 Å². The first-order valence-electron chi connectivity index (χ1n) is 8.28. The molecule has 1 aliphatic rings. The van der Waals surface area contributed by atoms with Crippen LogP contribution in [0.3, 0.4) is 0 Å². The van der Waals surface area contributed by atoms with Crippen LogP contribution in [0.4, 0.5) is 4.39 Å². The van der Waals surface area contributed by atoms with E-state index in [1.807, 2.05) is 23.1 Å². The molecule has 5 rings (SSSR count). The van der Waals surface area contributed by atoms with Crippen molar-refractivity contribution in [2.75, 3.05) is 6.61 Å². The molecular formula is C17H16FN5OS. The molecule has 1 unspecified atom stereocenters. The molecule has 4 aromatic rings. The van der Waals surface area contributed by atoms with Crippen LogP contribution in [0.2, 0.25) is 0 Å². The second-order valence-corrected chi connectivity index (χ2v) is 7.32. The number of benzene rings is 1. The number of thiazole rings is 1. The normalized spacial score (nSPS) is 18.4. The number of ether oxygens (including phenoxy) is 1. The molecule has 4 heterocycles. The third-order valence-electron chi connectivity index (χ3n) is 4.47. The summed E-state index contributed by atoms with van der Waals surface area (Å²) in [4.78, 5) is 5.48.